The molecule has 0 amide bonds. The van der Waals surface area contributed by atoms with Crippen LogP contribution in [-0.4, -0.2) is 20.6 Å². The van der Waals surface area contributed by atoms with Crippen LogP contribution in [0.2, 0.25) is 0 Å². The summed E-state index contributed by atoms with van der Waals surface area (Å²) in [7, 11) is -3.34. The molecule has 1 heterocycles. The van der Waals surface area contributed by atoms with Gasteiger partial charge in [-0.1, -0.05) is 40.8 Å². The Morgan fingerprint density at radius 3 is 2.64 bits per heavy atom. The van der Waals surface area contributed by atoms with Crippen LogP contribution in [0.15, 0.2) is 57.7 Å². The van der Waals surface area contributed by atoms with E-state index in [4.69, 9.17) is 9.15 Å². The Kier molecular flexibility index (Phi) is 6.16. The highest BCUT2D eigenvalue weighted by molar-refractivity contribution is 14.1. The highest BCUT2D eigenvalue weighted by Crippen LogP contribution is 2.19. The number of sulfonamides is 1. The number of carbonyl (C=O) groups is 1. The maximum Gasteiger partial charge on any atom is 0.351 e. The van der Waals surface area contributed by atoms with Gasteiger partial charge < -0.3 is 9.15 Å². The van der Waals surface area contributed by atoms with Crippen molar-refractivity contribution in [2.45, 2.75) is 11.0 Å². The zero-order valence-corrected chi connectivity index (χ0v) is 17.7. The van der Waals surface area contributed by atoms with Crippen LogP contribution in [0.25, 0.3) is 11.0 Å². The van der Waals surface area contributed by atoms with E-state index in [2.05, 4.69) is 27.3 Å². The lowest BCUT2D eigenvalue weighted by Gasteiger charge is -2.07. The number of alkyl halides is 1. The number of hydrogen-bond acceptors (Lipinski definition) is 6. The summed E-state index contributed by atoms with van der Waals surface area (Å²) in [6.07, 6.45) is 1.06. The maximum atomic E-state index is 12.4. The zero-order valence-electron chi connectivity index (χ0n) is 14.8. The van der Waals surface area contributed by atoms with Gasteiger partial charge in [0, 0.05) is 16.4 Å². The molecule has 28 heavy (non-hydrogen) atoms. The van der Waals surface area contributed by atoms with E-state index in [0.717, 1.165) is 16.2 Å². The Labute approximate surface area is 174 Å². The van der Waals surface area contributed by atoms with Crippen molar-refractivity contribution in [3.63, 3.8) is 0 Å². The molecule has 0 atom stereocenters. The van der Waals surface area contributed by atoms with Gasteiger partial charge in [0.2, 0.25) is 10.0 Å². The van der Waals surface area contributed by atoms with Crippen LogP contribution < -0.4 is 15.1 Å². The number of esters is 1. The van der Waals surface area contributed by atoms with E-state index in [0.29, 0.717) is 16.7 Å². The van der Waals surface area contributed by atoms with Crippen LogP contribution in [-0.2, 0) is 21.0 Å². The third kappa shape index (κ3) is 5.18. The lowest BCUT2D eigenvalue weighted by molar-refractivity contribution is 0.0730. The molecule has 0 bridgehead atoms. The second-order valence-electron chi connectivity index (χ2n) is 6.08. The average Bonchev–Trinajstić information content (AvgIpc) is 2.65. The molecular weight excluding hydrogens is 497 g/mol. The van der Waals surface area contributed by atoms with Crippen LogP contribution in [0, 0.1) is 0 Å². The van der Waals surface area contributed by atoms with Crippen molar-refractivity contribution >= 4 is 49.6 Å². The number of ether oxygens (including phenoxy) is 1. The van der Waals surface area contributed by atoms with Gasteiger partial charge >= 0.3 is 11.6 Å². The number of benzene rings is 2. The maximum absolute atomic E-state index is 12.4. The summed E-state index contributed by atoms with van der Waals surface area (Å²) in [4.78, 5) is 24.6. The minimum absolute atomic E-state index is 0.0801. The SMILES string of the molecule is CS(=O)(=O)NCc1ccc2oc(=O)c(C(=O)Oc3cccc(CI)c3)cc2c1. The Morgan fingerprint density at radius 2 is 1.93 bits per heavy atom. The van der Waals surface area contributed by atoms with Crippen molar-refractivity contribution in [3.05, 3.63) is 75.6 Å². The number of nitrogens with one attached hydrogen (secondary N) is 1. The molecule has 0 saturated carbocycles. The van der Waals surface area contributed by atoms with Gasteiger partial charge in [-0.05, 0) is 41.5 Å². The summed E-state index contributed by atoms with van der Waals surface area (Å²) >= 11 is 2.20. The minimum Gasteiger partial charge on any atom is -0.423 e. The van der Waals surface area contributed by atoms with Gasteiger partial charge in [-0.3, -0.25) is 0 Å². The van der Waals surface area contributed by atoms with E-state index < -0.39 is 21.6 Å². The van der Waals surface area contributed by atoms with E-state index in [-0.39, 0.29) is 17.7 Å². The molecule has 0 radical (unpaired) electrons. The number of halogens is 1. The standard InChI is InChI=1S/C19H16INO6S/c1-28(24,25)21-11-13-5-6-17-14(7-13)9-16(19(23)27-17)18(22)26-15-4-2-3-12(8-15)10-20/h2-9,21H,10-11H2,1H3. The van der Waals surface area contributed by atoms with Gasteiger partial charge in [-0.25, -0.2) is 22.7 Å². The molecule has 0 unspecified atom stereocenters. The molecule has 0 aliphatic carbocycles. The molecule has 3 rings (SSSR count). The van der Waals surface area contributed by atoms with Crippen molar-refractivity contribution in [2.24, 2.45) is 0 Å². The summed E-state index contributed by atoms with van der Waals surface area (Å²) in [6.45, 7) is 0.0801. The first-order chi connectivity index (χ1) is 13.2. The van der Waals surface area contributed by atoms with Gasteiger partial charge in [0.15, 0.2) is 0 Å². The van der Waals surface area contributed by atoms with Gasteiger partial charge in [0.05, 0.1) is 6.26 Å². The van der Waals surface area contributed by atoms with E-state index in [1.165, 1.54) is 6.07 Å². The highest BCUT2D eigenvalue weighted by atomic mass is 127. The molecule has 1 aromatic heterocycles. The van der Waals surface area contributed by atoms with Gasteiger partial charge in [-0.2, -0.15) is 0 Å². The number of rotatable bonds is 6. The predicted molar refractivity (Wildman–Crippen MR) is 113 cm³/mol. The van der Waals surface area contributed by atoms with Crippen molar-refractivity contribution in [2.75, 3.05) is 6.26 Å². The molecule has 0 fully saturated rings. The highest BCUT2D eigenvalue weighted by Gasteiger charge is 2.17. The summed E-state index contributed by atoms with van der Waals surface area (Å²) in [5.74, 6) is -0.481. The quantitative estimate of drug-likeness (QED) is 0.179. The molecule has 0 spiro atoms. The lowest BCUT2D eigenvalue weighted by atomic mass is 10.1. The fourth-order valence-corrected chi connectivity index (χ4v) is 3.40. The molecule has 0 saturated heterocycles. The van der Waals surface area contributed by atoms with E-state index in [1.807, 2.05) is 6.07 Å². The topological polar surface area (TPSA) is 103 Å². The van der Waals surface area contributed by atoms with E-state index in [9.17, 15) is 18.0 Å². The Hall–Kier alpha value is -2.24. The van der Waals surface area contributed by atoms with Crippen molar-refractivity contribution in [3.8, 4) is 5.75 Å². The zero-order chi connectivity index (χ0) is 20.3. The van der Waals surface area contributed by atoms with Crippen LogP contribution in [0.5, 0.6) is 5.75 Å². The fourth-order valence-electron chi connectivity index (χ4n) is 2.49. The molecule has 3 aromatic rings. The van der Waals surface area contributed by atoms with Crippen molar-refractivity contribution in [1.82, 2.24) is 4.72 Å². The fraction of sp³-hybridized carbons (Fsp3) is 0.158. The van der Waals surface area contributed by atoms with E-state index >= 15 is 0 Å². The van der Waals surface area contributed by atoms with Crippen LogP contribution >= 0.6 is 22.6 Å². The van der Waals surface area contributed by atoms with E-state index in [1.54, 1.807) is 36.4 Å². The Bertz CT molecular complexity index is 1200. The van der Waals surface area contributed by atoms with Crippen molar-refractivity contribution < 1.29 is 22.4 Å². The molecule has 146 valence electrons. The predicted octanol–water partition coefficient (Wildman–Crippen LogP) is 3.00. The first-order valence-corrected chi connectivity index (χ1v) is 11.6. The molecular formula is C19H16INO6S. The van der Waals surface area contributed by atoms with Gasteiger partial charge in [0.25, 0.3) is 0 Å². The van der Waals surface area contributed by atoms with Crippen LogP contribution in [0.4, 0.5) is 0 Å². The van der Waals surface area contributed by atoms with Gasteiger partial charge in [0.1, 0.15) is 16.9 Å². The molecule has 7 nitrogen and oxygen atoms in total. The monoisotopic (exact) mass is 513 g/mol. The summed E-state index contributed by atoms with van der Waals surface area (Å²) in [5.41, 5.74) is 0.891. The smallest absolute Gasteiger partial charge is 0.351 e. The molecule has 1 N–H and O–H groups in total. The summed E-state index contributed by atoms with van der Waals surface area (Å²) < 4.78 is 36.1. The second kappa shape index (κ2) is 8.41. The third-order valence-electron chi connectivity index (χ3n) is 3.82. The number of carbonyl (C=O) groups excluding carboxylic acids is 1. The average molecular weight is 513 g/mol. The summed E-state index contributed by atoms with van der Waals surface area (Å²) in [5, 5.41) is 0.486. The van der Waals surface area contributed by atoms with Gasteiger partial charge in [-0.15, -0.1) is 0 Å². The third-order valence-corrected chi connectivity index (χ3v) is 5.37. The molecule has 2 aromatic carbocycles. The molecule has 0 aliphatic rings. The normalized spacial score (nSPS) is 11.5. The number of hydrogen-bond donors (Lipinski definition) is 1. The minimum atomic E-state index is -3.34. The lowest BCUT2D eigenvalue weighted by Crippen LogP contribution is -2.21. The molecule has 9 heteroatoms. The summed E-state index contributed by atoms with van der Waals surface area (Å²) in [6, 6.07) is 13.2. The molecule has 0 aliphatic heterocycles. The first kappa shape index (κ1) is 20.5. The largest absolute Gasteiger partial charge is 0.423 e. The van der Waals surface area contributed by atoms with Crippen LogP contribution in [0.1, 0.15) is 21.5 Å². The number of fused-ring (bicyclic) bond motifs is 1. The first-order valence-electron chi connectivity index (χ1n) is 8.14. The van der Waals surface area contributed by atoms with Crippen molar-refractivity contribution in [1.29, 1.82) is 0 Å². The Balaban J connectivity index is 1.90. The van der Waals surface area contributed by atoms with Crippen LogP contribution in [0.3, 0.4) is 0 Å². The second-order valence-corrected chi connectivity index (χ2v) is 8.68. The Morgan fingerprint density at radius 1 is 1.14 bits per heavy atom.